The number of nitro benzene ring substituents is 1. The number of nitro groups is 1. The Labute approximate surface area is 191 Å². The van der Waals surface area contributed by atoms with E-state index in [4.69, 9.17) is 9.78 Å². The van der Waals surface area contributed by atoms with Crippen LogP contribution in [0.15, 0.2) is 36.4 Å². The van der Waals surface area contributed by atoms with Crippen LogP contribution >= 0.6 is 0 Å². The van der Waals surface area contributed by atoms with Crippen LogP contribution in [0.25, 0.3) is 17.2 Å². The van der Waals surface area contributed by atoms with Crippen molar-refractivity contribution in [2.75, 3.05) is 26.2 Å². The van der Waals surface area contributed by atoms with E-state index < -0.39 is 4.92 Å². The molecule has 1 radical (unpaired) electrons. The number of carbonyl (C=O) groups is 2. The molecule has 0 atom stereocenters. The summed E-state index contributed by atoms with van der Waals surface area (Å²) in [5, 5.41) is 14.5. The van der Waals surface area contributed by atoms with Gasteiger partial charge in [0.2, 0.25) is 11.8 Å². The van der Waals surface area contributed by atoms with Crippen LogP contribution in [0.5, 0.6) is 5.75 Å². The highest BCUT2D eigenvalue weighted by atomic mass is 17.2. The second-order valence-corrected chi connectivity index (χ2v) is 7.85. The lowest BCUT2D eigenvalue weighted by molar-refractivity contribution is -0.384. The van der Waals surface area contributed by atoms with Gasteiger partial charge in [-0.15, -0.1) is 0 Å². The van der Waals surface area contributed by atoms with Crippen molar-refractivity contribution in [2.45, 2.75) is 25.7 Å². The van der Waals surface area contributed by atoms with Gasteiger partial charge in [-0.25, -0.2) is 0 Å². The summed E-state index contributed by atoms with van der Waals surface area (Å²) in [4.78, 5) is 47.1. The van der Waals surface area contributed by atoms with Crippen LogP contribution in [-0.4, -0.2) is 47.9 Å². The van der Waals surface area contributed by atoms with Crippen LogP contribution < -0.4 is 10.2 Å². The average Bonchev–Trinajstić information content (AvgIpc) is 3.24. The Balaban J connectivity index is 1.47. The van der Waals surface area contributed by atoms with Gasteiger partial charge in [0.05, 0.1) is 23.2 Å². The van der Waals surface area contributed by atoms with Crippen molar-refractivity contribution >= 4 is 23.6 Å². The summed E-state index contributed by atoms with van der Waals surface area (Å²) in [7, 11) is 0. The lowest BCUT2D eigenvalue weighted by Gasteiger charge is -2.17. The number of nitrogens with one attached hydrogen (secondary N) is 1. The van der Waals surface area contributed by atoms with Crippen LogP contribution in [0.4, 0.5) is 5.69 Å². The summed E-state index contributed by atoms with van der Waals surface area (Å²) in [5.74, 6) is 0.442. The molecule has 0 bridgehead atoms. The molecule has 1 N–H and O–H groups in total. The highest BCUT2D eigenvalue weighted by molar-refractivity contribution is 5.94. The van der Waals surface area contributed by atoms with E-state index in [1.165, 1.54) is 12.1 Å². The monoisotopic (exact) mass is 450 g/mol. The predicted octanol–water partition coefficient (Wildman–Crippen LogP) is 3.07. The first kappa shape index (κ1) is 22.5. The molecule has 0 spiro atoms. The molecule has 0 unspecified atom stereocenters. The van der Waals surface area contributed by atoms with E-state index in [1.54, 1.807) is 24.3 Å². The standard InChI is InChI=1S/C24H24N3O6/c28-22(25-12-3-14-26-13-2-6-23(26)29)10-8-17-4-1-5-20(27(30)31)24(17)19-7-9-21-18(16-19)11-15-32-33-21/h1,4,7-10,16H,2-3,6,11-15H2,(H,25,28)/b10-8+. The summed E-state index contributed by atoms with van der Waals surface area (Å²) in [5.41, 5.74) is 2.28. The third kappa shape index (κ3) is 5.38. The van der Waals surface area contributed by atoms with Gasteiger partial charge in [-0.1, -0.05) is 12.1 Å². The normalized spacial score (nSPS) is 15.4. The minimum Gasteiger partial charge on any atom is -0.352 e. The van der Waals surface area contributed by atoms with E-state index >= 15 is 0 Å². The molecule has 1 fully saturated rings. The third-order valence-electron chi connectivity index (χ3n) is 5.63. The quantitative estimate of drug-likeness (QED) is 0.218. The van der Waals surface area contributed by atoms with Gasteiger partial charge in [0.1, 0.15) is 0 Å². The third-order valence-corrected chi connectivity index (χ3v) is 5.63. The maximum Gasteiger partial charge on any atom is 0.285 e. The second-order valence-electron chi connectivity index (χ2n) is 7.85. The topological polar surface area (TPSA) is 111 Å². The highest BCUT2D eigenvalue weighted by Gasteiger charge is 2.21. The summed E-state index contributed by atoms with van der Waals surface area (Å²) in [6, 6.07) is 11.1. The SMILES string of the molecule is O=C(/C=C/c1cc[c]c([N+](=O)[O-])c1-c1ccc2c(c1)CCOO2)NCCCN1CCCC1=O. The van der Waals surface area contributed by atoms with E-state index in [1.807, 2.05) is 11.0 Å². The minimum atomic E-state index is -0.481. The van der Waals surface area contributed by atoms with Crippen molar-refractivity contribution in [3.63, 3.8) is 0 Å². The number of hydrogen-bond acceptors (Lipinski definition) is 6. The van der Waals surface area contributed by atoms with Crippen molar-refractivity contribution < 1.29 is 24.3 Å². The molecule has 9 nitrogen and oxygen atoms in total. The van der Waals surface area contributed by atoms with Crippen molar-refractivity contribution in [3.8, 4) is 16.9 Å². The first-order valence-electron chi connectivity index (χ1n) is 10.9. The van der Waals surface area contributed by atoms with Crippen molar-refractivity contribution in [1.29, 1.82) is 0 Å². The van der Waals surface area contributed by atoms with Gasteiger partial charge in [0.15, 0.2) is 5.75 Å². The maximum absolute atomic E-state index is 12.3. The molecular formula is C24H24N3O6. The smallest absolute Gasteiger partial charge is 0.285 e. The molecule has 0 aromatic heterocycles. The molecule has 2 aromatic carbocycles. The molecule has 2 aromatic rings. The Morgan fingerprint density at radius 3 is 2.97 bits per heavy atom. The molecule has 2 heterocycles. The zero-order valence-corrected chi connectivity index (χ0v) is 18.0. The molecule has 2 amide bonds. The van der Waals surface area contributed by atoms with Crippen molar-refractivity contribution in [1.82, 2.24) is 10.2 Å². The molecule has 4 rings (SSSR count). The fourth-order valence-corrected chi connectivity index (χ4v) is 4.00. The summed E-state index contributed by atoms with van der Waals surface area (Å²) >= 11 is 0. The maximum atomic E-state index is 12.3. The van der Waals surface area contributed by atoms with Gasteiger partial charge in [-0.3, -0.25) is 19.7 Å². The zero-order valence-electron chi connectivity index (χ0n) is 18.0. The largest absolute Gasteiger partial charge is 0.352 e. The molecule has 2 aliphatic heterocycles. The zero-order chi connectivity index (χ0) is 23.2. The molecule has 1 saturated heterocycles. The van der Waals surface area contributed by atoms with Gasteiger partial charge in [0.25, 0.3) is 5.69 Å². The minimum absolute atomic E-state index is 0.164. The van der Waals surface area contributed by atoms with Gasteiger partial charge in [0, 0.05) is 44.1 Å². The Morgan fingerprint density at radius 1 is 1.30 bits per heavy atom. The lowest BCUT2D eigenvalue weighted by Crippen LogP contribution is -2.29. The Bertz CT molecular complexity index is 1100. The number of carbonyl (C=O) groups excluding carboxylic acids is 2. The Kier molecular flexibility index (Phi) is 6.99. The number of nitrogens with zero attached hydrogens (tertiary/aromatic N) is 2. The molecule has 171 valence electrons. The number of benzene rings is 2. The summed E-state index contributed by atoms with van der Waals surface area (Å²) in [6.07, 6.45) is 5.71. The van der Waals surface area contributed by atoms with Gasteiger partial charge in [-0.2, -0.15) is 4.89 Å². The first-order valence-corrected chi connectivity index (χ1v) is 10.9. The van der Waals surface area contributed by atoms with Gasteiger partial charge in [-0.05, 0) is 48.2 Å². The number of rotatable bonds is 8. The van der Waals surface area contributed by atoms with Crippen LogP contribution in [0.2, 0.25) is 0 Å². The fourth-order valence-electron chi connectivity index (χ4n) is 4.00. The Hall–Kier alpha value is -3.72. The van der Waals surface area contributed by atoms with E-state index in [0.717, 1.165) is 18.5 Å². The van der Waals surface area contributed by atoms with E-state index in [2.05, 4.69) is 11.4 Å². The summed E-state index contributed by atoms with van der Waals surface area (Å²) < 4.78 is 0. The van der Waals surface area contributed by atoms with E-state index in [-0.39, 0.29) is 17.5 Å². The molecule has 9 heteroatoms. The van der Waals surface area contributed by atoms with E-state index in [0.29, 0.717) is 61.4 Å². The van der Waals surface area contributed by atoms with Gasteiger partial charge >= 0.3 is 0 Å². The number of hydrogen-bond donors (Lipinski definition) is 1. The predicted molar refractivity (Wildman–Crippen MR) is 120 cm³/mol. The average molecular weight is 450 g/mol. The second kappa shape index (κ2) is 10.3. The molecular weight excluding hydrogens is 426 g/mol. The molecule has 33 heavy (non-hydrogen) atoms. The van der Waals surface area contributed by atoms with Gasteiger partial charge < -0.3 is 15.1 Å². The van der Waals surface area contributed by atoms with Crippen molar-refractivity contribution in [2.24, 2.45) is 0 Å². The molecule has 2 aliphatic rings. The fraction of sp³-hybridized carbons (Fsp3) is 0.333. The summed E-state index contributed by atoms with van der Waals surface area (Å²) in [6.45, 7) is 2.25. The van der Waals surface area contributed by atoms with Crippen LogP contribution in [0.3, 0.4) is 0 Å². The van der Waals surface area contributed by atoms with Crippen LogP contribution in [0, 0.1) is 16.2 Å². The van der Waals surface area contributed by atoms with Crippen LogP contribution in [-0.2, 0) is 20.9 Å². The molecule has 0 aliphatic carbocycles. The lowest BCUT2D eigenvalue weighted by atomic mass is 9.95. The van der Waals surface area contributed by atoms with Crippen molar-refractivity contribution in [3.05, 3.63) is 63.7 Å². The number of fused-ring (bicyclic) bond motifs is 1. The molecule has 0 saturated carbocycles. The first-order chi connectivity index (χ1) is 16.0. The highest BCUT2D eigenvalue weighted by Crippen LogP contribution is 2.37. The number of amides is 2. The van der Waals surface area contributed by atoms with E-state index in [9.17, 15) is 19.7 Å². The van der Waals surface area contributed by atoms with Crippen LogP contribution in [0.1, 0.15) is 30.4 Å². The number of likely N-dealkylation sites (tertiary alicyclic amines) is 1. The Morgan fingerprint density at radius 2 is 2.18 bits per heavy atom.